The average Bonchev–Trinajstić information content (AvgIpc) is 3.46. The Balaban J connectivity index is 1.26. The Bertz CT molecular complexity index is 1530. The van der Waals surface area contributed by atoms with Crippen LogP contribution in [0, 0.1) is 0 Å². The number of fused-ring (bicyclic) bond motifs is 1. The minimum Gasteiger partial charge on any atom is -0.450 e. The molecule has 3 amide bonds. The normalized spacial score (nSPS) is 15.9. The van der Waals surface area contributed by atoms with Crippen molar-refractivity contribution >= 4 is 40.4 Å². The lowest BCUT2D eigenvalue weighted by Gasteiger charge is -2.31. The second-order valence-electron chi connectivity index (χ2n) is 10.2. The zero-order valence-electron chi connectivity index (χ0n) is 23.5. The van der Waals surface area contributed by atoms with Crippen LogP contribution in [0.3, 0.4) is 0 Å². The fraction of sp³-hybridized carbons (Fsp3) is 0.367. The van der Waals surface area contributed by atoms with Gasteiger partial charge in [0.1, 0.15) is 5.82 Å². The third kappa shape index (κ3) is 5.98. The van der Waals surface area contributed by atoms with Crippen molar-refractivity contribution in [1.29, 1.82) is 0 Å². The molecule has 42 heavy (non-hydrogen) atoms. The molecule has 0 spiro atoms. The highest BCUT2D eigenvalue weighted by Gasteiger charge is 2.28. The maximum Gasteiger partial charge on any atom is 0.409 e. The van der Waals surface area contributed by atoms with E-state index in [1.54, 1.807) is 4.90 Å². The molecule has 2 aliphatic rings. The van der Waals surface area contributed by atoms with Crippen LogP contribution in [0.5, 0.6) is 0 Å². The number of rotatable bonds is 6. The minimum atomic E-state index is -0.320. The maximum atomic E-state index is 12.5. The van der Waals surface area contributed by atoms with Gasteiger partial charge in [-0.15, -0.1) is 0 Å². The van der Waals surface area contributed by atoms with Gasteiger partial charge in [0.2, 0.25) is 0 Å². The zero-order valence-corrected chi connectivity index (χ0v) is 23.5. The molecule has 2 aromatic carbocycles. The Kier molecular flexibility index (Phi) is 8.13. The quantitative estimate of drug-likeness (QED) is 0.340. The predicted molar refractivity (Wildman–Crippen MR) is 160 cm³/mol. The number of piperidine rings is 1. The summed E-state index contributed by atoms with van der Waals surface area (Å²) in [6.45, 7) is 6.11. The number of morpholine rings is 1. The molecule has 0 atom stereocenters. The summed E-state index contributed by atoms with van der Waals surface area (Å²) in [6.07, 6.45) is 3.09. The van der Waals surface area contributed by atoms with Crippen LogP contribution in [-0.4, -0.2) is 82.8 Å². The van der Waals surface area contributed by atoms with Crippen LogP contribution in [0.4, 0.5) is 26.8 Å². The van der Waals surface area contributed by atoms with E-state index in [-0.39, 0.29) is 18.2 Å². The van der Waals surface area contributed by atoms with Crippen LogP contribution in [0.1, 0.15) is 25.8 Å². The molecule has 0 radical (unpaired) electrons. The maximum absolute atomic E-state index is 12.5. The number of nitrogens with zero attached hydrogens (tertiary/aromatic N) is 6. The van der Waals surface area contributed by atoms with E-state index in [0.717, 1.165) is 48.3 Å². The SMILES string of the molecule is CCOC(=O)N1CCC(n2ncc3c(N4CCOCC4)nc(-c4ccc(NC(=O)Nc5ccccc5)cc4)nc32)CC1. The van der Waals surface area contributed by atoms with E-state index in [0.29, 0.717) is 50.1 Å². The van der Waals surface area contributed by atoms with Crippen molar-refractivity contribution in [2.45, 2.75) is 25.8 Å². The molecule has 4 heterocycles. The first-order valence-electron chi connectivity index (χ1n) is 14.3. The standard InChI is InChI=1S/C30H34N8O4/c1-2-42-30(40)37-14-12-24(13-15-37)38-28-25(20-31-38)27(36-16-18-41-19-17-36)34-26(35-28)21-8-10-23(11-9-21)33-29(39)32-22-6-4-3-5-7-22/h3-11,20,24H,2,12-19H2,1H3,(H2,32,33,39). The molecule has 2 fully saturated rings. The number of hydrogen-bond donors (Lipinski definition) is 2. The number of hydrogen-bond acceptors (Lipinski definition) is 8. The minimum absolute atomic E-state index is 0.100. The summed E-state index contributed by atoms with van der Waals surface area (Å²) in [6, 6.07) is 16.6. The van der Waals surface area contributed by atoms with Gasteiger partial charge in [0.15, 0.2) is 11.5 Å². The number of nitrogens with one attached hydrogen (secondary N) is 2. The Morgan fingerprint density at radius 2 is 1.62 bits per heavy atom. The largest absolute Gasteiger partial charge is 0.450 e. The molecule has 2 aliphatic heterocycles. The molecule has 2 aromatic heterocycles. The fourth-order valence-electron chi connectivity index (χ4n) is 5.35. The summed E-state index contributed by atoms with van der Waals surface area (Å²) < 4.78 is 12.8. The predicted octanol–water partition coefficient (Wildman–Crippen LogP) is 4.77. The number of ether oxygens (including phenoxy) is 2. The molecule has 218 valence electrons. The average molecular weight is 571 g/mol. The van der Waals surface area contributed by atoms with E-state index in [9.17, 15) is 9.59 Å². The summed E-state index contributed by atoms with van der Waals surface area (Å²) in [5.74, 6) is 1.41. The summed E-state index contributed by atoms with van der Waals surface area (Å²) in [4.78, 5) is 38.6. The number of urea groups is 1. The molecule has 6 rings (SSSR count). The summed E-state index contributed by atoms with van der Waals surface area (Å²) >= 11 is 0. The van der Waals surface area contributed by atoms with Crippen LogP contribution in [-0.2, 0) is 9.47 Å². The molecule has 4 aromatic rings. The molecular weight excluding hydrogens is 536 g/mol. The van der Waals surface area contributed by atoms with Gasteiger partial charge in [-0.05, 0) is 56.2 Å². The number of aromatic nitrogens is 4. The van der Waals surface area contributed by atoms with Gasteiger partial charge in [-0.25, -0.2) is 24.2 Å². The highest BCUT2D eigenvalue weighted by atomic mass is 16.6. The zero-order chi connectivity index (χ0) is 28.9. The van der Waals surface area contributed by atoms with Gasteiger partial charge in [-0.2, -0.15) is 5.10 Å². The number of amides is 3. The van der Waals surface area contributed by atoms with Gasteiger partial charge in [-0.3, -0.25) is 0 Å². The monoisotopic (exact) mass is 570 g/mol. The highest BCUT2D eigenvalue weighted by molar-refractivity contribution is 5.99. The Morgan fingerprint density at radius 1 is 0.929 bits per heavy atom. The molecule has 12 heteroatoms. The van der Waals surface area contributed by atoms with Gasteiger partial charge < -0.3 is 29.9 Å². The fourth-order valence-corrected chi connectivity index (χ4v) is 5.35. The van der Waals surface area contributed by atoms with Crippen molar-refractivity contribution in [2.75, 3.05) is 61.5 Å². The van der Waals surface area contributed by atoms with Crippen LogP contribution in [0.15, 0.2) is 60.8 Å². The molecule has 0 saturated carbocycles. The van der Waals surface area contributed by atoms with Crippen molar-refractivity contribution in [1.82, 2.24) is 24.6 Å². The number of carbonyl (C=O) groups excluding carboxylic acids is 2. The van der Waals surface area contributed by atoms with Crippen molar-refractivity contribution in [3.05, 3.63) is 60.8 Å². The lowest BCUT2D eigenvalue weighted by Crippen LogP contribution is -2.39. The number of para-hydroxylation sites is 1. The summed E-state index contributed by atoms with van der Waals surface area (Å²) in [5, 5.41) is 11.3. The van der Waals surface area contributed by atoms with Crippen molar-refractivity contribution in [3.8, 4) is 11.4 Å². The molecule has 2 N–H and O–H groups in total. The molecular formula is C30H34N8O4. The van der Waals surface area contributed by atoms with Gasteiger partial charge in [0.05, 0.1) is 37.4 Å². The van der Waals surface area contributed by atoms with Crippen LogP contribution < -0.4 is 15.5 Å². The lowest BCUT2D eigenvalue weighted by atomic mass is 10.1. The van der Waals surface area contributed by atoms with Crippen LogP contribution in [0.2, 0.25) is 0 Å². The van der Waals surface area contributed by atoms with Gasteiger partial charge in [0, 0.05) is 43.1 Å². The van der Waals surface area contributed by atoms with Crippen LogP contribution in [0.25, 0.3) is 22.4 Å². The van der Waals surface area contributed by atoms with E-state index in [2.05, 4.69) is 15.5 Å². The smallest absolute Gasteiger partial charge is 0.409 e. The van der Waals surface area contributed by atoms with E-state index in [4.69, 9.17) is 24.5 Å². The van der Waals surface area contributed by atoms with Gasteiger partial charge in [0.25, 0.3) is 0 Å². The first-order chi connectivity index (χ1) is 20.6. The summed E-state index contributed by atoms with van der Waals surface area (Å²) in [5.41, 5.74) is 2.96. The second kappa shape index (κ2) is 12.4. The van der Waals surface area contributed by atoms with Gasteiger partial charge >= 0.3 is 12.1 Å². The number of carbonyl (C=O) groups is 2. The van der Waals surface area contributed by atoms with E-state index in [1.165, 1.54) is 0 Å². The van der Waals surface area contributed by atoms with Gasteiger partial charge in [-0.1, -0.05) is 18.2 Å². The van der Waals surface area contributed by atoms with Crippen LogP contribution >= 0.6 is 0 Å². The third-order valence-corrected chi connectivity index (χ3v) is 7.51. The molecule has 0 unspecified atom stereocenters. The number of anilines is 3. The van der Waals surface area contributed by atoms with E-state index < -0.39 is 0 Å². The highest BCUT2D eigenvalue weighted by Crippen LogP contribution is 2.32. The molecule has 2 saturated heterocycles. The van der Waals surface area contributed by atoms with E-state index >= 15 is 0 Å². The Labute approximate surface area is 243 Å². The third-order valence-electron chi connectivity index (χ3n) is 7.51. The second-order valence-corrected chi connectivity index (χ2v) is 10.2. The lowest BCUT2D eigenvalue weighted by molar-refractivity contribution is 0.0919. The number of likely N-dealkylation sites (tertiary alicyclic amines) is 1. The van der Waals surface area contributed by atoms with Crippen molar-refractivity contribution in [3.63, 3.8) is 0 Å². The van der Waals surface area contributed by atoms with E-state index in [1.807, 2.05) is 72.4 Å². The Hall–Kier alpha value is -4.71. The summed E-state index contributed by atoms with van der Waals surface area (Å²) in [7, 11) is 0. The topological polar surface area (TPSA) is 127 Å². The molecule has 0 aliphatic carbocycles. The Morgan fingerprint density at radius 3 is 2.31 bits per heavy atom. The molecule has 12 nitrogen and oxygen atoms in total. The number of benzene rings is 2. The van der Waals surface area contributed by atoms with Crippen molar-refractivity contribution < 1.29 is 19.1 Å². The first-order valence-corrected chi connectivity index (χ1v) is 14.3. The van der Waals surface area contributed by atoms with Crippen molar-refractivity contribution in [2.24, 2.45) is 0 Å². The first kappa shape index (κ1) is 27.5. The molecule has 0 bridgehead atoms.